The van der Waals surface area contributed by atoms with E-state index < -0.39 is 11.7 Å². The zero-order chi connectivity index (χ0) is 18.7. The Bertz CT molecular complexity index is 755. The molecule has 2 aromatic carbocycles. The molecule has 1 atom stereocenters. The van der Waals surface area contributed by atoms with Crippen LogP contribution in [0.25, 0.3) is 0 Å². The summed E-state index contributed by atoms with van der Waals surface area (Å²) in [6, 6.07) is 14.0. The van der Waals surface area contributed by atoms with Gasteiger partial charge in [0.25, 0.3) is 0 Å². The molecule has 3 nitrogen and oxygen atoms in total. The molecule has 0 spiro atoms. The normalized spacial score (nSPS) is 20.9. The highest BCUT2D eigenvalue weighted by Crippen LogP contribution is 2.38. The Balaban J connectivity index is 1.70. The maximum Gasteiger partial charge on any atom is 0.416 e. The second-order valence-electron chi connectivity index (χ2n) is 6.72. The van der Waals surface area contributed by atoms with E-state index in [1.165, 1.54) is 12.1 Å². The fourth-order valence-electron chi connectivity index (χ4n) is 3.30. The van der Waals surface area contributed by atoms with Crippen molar-refractivity contribution in [2.24, 2.45) is 5.92 Å². The second-order valence-corrected chi connectivity index (χ2v) is 6.72. The quantitative estimate of drug-likeness (QED) is 0.847. The summed E-state index contributed by atoms with van der Waals surface area (Å²) in [5.41, 5.74) is 0.490. The zero-order valence-electron chi connectivity index (χ0n) is 14.0. The molecule has 0 radical (unpaired) electrons. The fourth-order valence-corrected chi connectivity index (χ4v) is 3.30. The minimum absolute atomic E-state index is 0.122. The first-order valence-electron chi connectivity index (χ1n) is 8.51. The van der Waals surface area contributed by atoms with E-state index in [0.29, 0.717) is 18.4 Å². The zero-order valence-corrected chi connectivity index (χ0v) is 14.0. The Morgan fingerprint density at radius 1 is 1.12 bits per heavy atom. The van der Waals surface area contributed by atoms with Gasteiger partial charge in [0.2, 0.25) is 5.91 Å². The Labute approximate surface area is 149 Å². The van der Waals surface area contributed by atoms with Gasteiger partial charge in [-0.25, -0.2) is 0 Å². The van der Waals surface area contributed by atoms with Gasteiger partial charge in [-0.15, -0.1) is 0 Å². The van der Waals surface area contributed by atoms with E-state index in [1.807, 2.05) is 30.3 Å². The van der Waals surface area contributed by atoms with Crippen LogP contribution in [-0.2, 0) is 17.4 Å². The van der Waals surface area contributed by atoms with Gasteiger partial charge in [0.15, 0.2) is 0 Å². The molecule has 0 bridgehead atoms. The minimum Gasteiger partial charge on any atom is -0.393 e. The first kappa shape index (κ1) is 18.5. The Kier molecular flexibility index (Phi) is 5.32. The molecular weight excluding hydrogens is 343 g/mol. The molecule has 0 heterocycles. The number of aliphatic hydroxyl groups is 1. The molecule has 1 saturated carbocycles. The summed E-state index contributed by atoms with van der Waals surface area (Å²) in [6.45, 7) is 0. The van der Waals surface area contributed by atoms with Crippen molar-refractivity contribution in [3.8, 4) is 0 Å². The van der Waals surface area contributed by atoms with E-state index in [2.05, 4.69) is 5.32 Å². The maximum atomic E-state index is 12.8. The van der Waals surface area contributed by atoms with Crippen LogP contribution in [0.4, 0.5) is 13.2 Å². The van der Waals surface area contributed by atoms with Crippen molar-refractivity contribution in [2.45, 2.75) is 37.6 Å². The number of amides is 1. The topological polar surface area (TPSA) is 49.3 Å². The predicted molar refractivity (Wildman–Crippen MR) is 91.2 cm³/mol. The van der Waals surface area contributed by atoms with Gasteiger partial charge in [0.05, 0.1) is 24.1 Å². The van der Waals surface area contributed by atoms with Gasteiger partial charge in [-0.05, 0) is 36.0 Å². The summed E-state index contributed by atoms with van der Waals surface area (Å²) in [5.74, 6) is -0.211. The molecule has 1 aliphatic rings. The fraction of sp³-hybridized carbons (Fsp3) is 0.350. The molecule has 6 heteroatoms. The van der Waals surface area contributed by atoms with E-state index in [-0.39, 0.29) is 30.4 Å². The van der Waals surface area contributed by atoms with Crippen molar-refractivity contribution < 1.29 is 23.1 Å². The lowest BCUT2D eigenvalue weighted by Gasteiger charge is -2.38. The molecule has 0 aliphatic heterocycles. The summed E-state index contributed by atoms with van der Waals surface area (Å²) in [4.78, 5) is 12.4. The second kappa shape index (κ2) is 7.50. The molecule has 0 unspecified atom stereocenters. The van der Waals surface area contributed by atoms with Crippen LogP contribution in [0.5, 0.6) is 0 Å². The van der Waals surface area contributed by atoms with E-state index >= 15 is 0 Å². The summed E-state index contributed by atoms with van der Waals surface area (Å²) in [6.07, 6.45) is -3.71. The summed E-state index contributed by atoms with van der Waals surface area (Å²) >= 11 is 0. The van der Waals surface area contributed by atoms with E-state index in [1.54, 1.807) is 0 Å². The molecule has 2 N–H and O–H groups in total. The van der Waals surface area contributed by atoms with Crippen molar-refractivity contribution >= 4 is 5.91 Å². The lowest BCUT2D eigenvalue weighted by molar-refractivity contribution is -0.137. The summed E-state index contributed by atoms with van der Waals surface area (Å²) in [7, 11) is 0. The van der Waals surface area contributed by atoms with E-state index in [9.17, 15) is 23.1 Å². The Morgan fingerprint density at radius 2 is 1.81 bits per heavy atom. The van der Waals surface area contributed by atoms with Gasteiger partial charge in [-0.3, -0.25) is 4.79 Å². The van der Waals surface area contributed by atoms with Gasteiger partial charge < -0.3 is 10.4 Å². The highest BCUT2D eigenvalue weighted by Gasteiger charge is 2.35. The van der Waals surface area contributed by atoms with Gasteiger partial charge in [0, 0.05) is 0 Å². The number of alkyl halides is 3. The number of hydrogen-bond donors (Lipinski definition) is 2. The number of halogens is 3. The van der Waals surface area contributed by atoms with Crippen LogP contribution < -0.4 is 5.32 Å². The number of carbonyl (C=O) groups is 1. The van der Waals surface area contributed by atoms with Crippen molar-refractivity contribution in [2.75, 3.05) is 0 Å². The third-order valence-electron chi connectivity index (χ3n) is 4.72. The van der Waals surface area contributed by atoms with Gasteiger partial charge in [0.1, 0.15) is 0 Å². The molecule has 0 aromatic heterocycles. The monoisotopic (exact) mass is 363 g/mol. The number of carbonyl (C=O) groups excluding carboxylic acids is 1. The standard InChI is InChI=1S/C20H20F3NO2/c21-20(22,23)16-8-4-5-13(9-16)10-18(26)24-19(15-11-17(25)12-15)14-6-2-1-3-7-14/h1-9,15,17,19,25H,10-12H2,(H,24,26)/t15?,17?,19-/m1/s1. The smallest absolute Gasteiger partial charge is 0.393 e. The average molecular weight is 363 g/mol. The maximum absolute atomic E-state index is 12.8. The average Bonchev–Trinajstić information content (AvgIpc) is 2.57. The minimum atomic E-state index is -4.43. The largest absolute Gasteiger partial charge is 0.416 e. The molecular formula is C20H20F3NO2. The van der Waals surface area contributed by atoms with Crippen molar-refractivity contribution in [1.82, 2.24) is 5.32 Å². The highest BCUT2D eigenvalue weighted by atomic mass is 19.4. The van der Waals surface area contributed by atoms with Gasteiger partial charge >= 0.3 is 6.18 Å². The van der Waals surface area contributed by atoms with Crippen LogP contribution in [0.15, 0.2) is 54.6 Å². The van der Waals surface area contributed by atoms with Crippen molar-refractivity contribution in [1.29, 1.82) is 0 Å². The van der Waals surface area contributed by atoms with Crippen LogP contribution >= 0.6 is 0 Å². The number of aliphatic hydroxyl groups excluding tert-OH is 1. The van der Waals surface area contributed by atoms with Crippen molar-refractivity contribution in [3.63, 3.8) is 0 Å². The Hall–Kier alpha value is -2.34. The third-order valence-corrected chi connectivity index (χ3v) is 4.72. The molecule has 0 saturated heterocycles. The van der Waals surface area contributed by atoms with Crippen LogP contribution in [-0.4, -0.2) is 17.1 Å². The Morgan fingerprint density at radius 3 is 2.42 bits per heavy atom. The predicted octanol–water partition coefficient (Wildman–Crippen LogP) is 3.88. The number of nitrogens with one attached hydrogen (secondary N) is 1. The molecule has 138 valence electrons. The highest BCUT2D eigenvalue weighted by molar-refractivity contribution is 5.79. The molecule has 1 amide bonds. The molecule has 1 aliphatic carbocycles. The number of rotatable bonds is 5. The van der Waals surface area contributed by atoms with Crippen LogP contribution in [0.3, 0.4) is 0 Å². The van der Waals surface area contributed by atoms with Crippen LogP contribution in [0.1, 0.15) is 35.6 Å². The van der Waals surface area contributed by atoms with Crippen molar-refractivity contribution in [3.05, 3.63) is 71.3 Å². The van der Waals surface area contributed by atoms with E-state index in [0.717, 1.165) is 17.7 Å². The van der Waals surface area contributed by atoms with Gasteiger partial charge in [-0.1, -0.05) is 48.5 Å². The lowest BCUT2D eigenvalue weighted by atomic mass is 9.75. The van der Waals surface area contributed by atoms with E-state index in [4.69, 9.17) is 0 Å². The summed E-state index contributed by atoms with van der Waals surface area (Å²) < 4.78 is 38.4. The molecule has 26 heavy (non-hydrogen) atoms. The first-order chi connectivity index (χ1) is 12.3. The van der Waals surface area contributed by atoms with Crippen LogP contribution in [0.2, 0.25) is 0 Å². The molecule has 2 aromatic rings. The molecule has 3 rings (SSSR count). The lowest BCUT2D eigenvalue weighted by Crippen LogP contribution is -2.41. The molecule has 1 fully saturated rings. The third kappa shape index (κ3) is 4.43. The number of hydrogen-bond acceptors (Lipinski definition) is 2. The van der Waals surface area contributed by atoms with Crippen LogP contribution in [0, 0.1) is 5.92 Å². The summed E-state index contributed by atoms with van der Waals surface area (Å²) in [5, 5.41) is 12.5. The SMILES string of the molecule is O=C(Cc1cccc(C(F)(F)F)c1)N[C@H](c1ccccc1)C1CC(O)C1. The van der Waals surface area contributed by atoms with Gasteiger partial charge in [-0.2, -0.15) is 13.2 Å². The number of benzene rings is 2. The first-order valence-corrected chi connectivity index (χ1v) is 8.51.